The van der Waals surface area contributed by atoms with Crippen LogP contribution in [0.5, 0.6) is 0 Å². The molecule has 0 aliphatic carbocycles. The van der Waals surface area contributed by atoms with Crippen LogP contribution < -0.4 is 5.73 Å². The summed E-state index contributed by atoms with van der Waals surface area (Å²) in [5.74, 6) is 4.50. The van der Waals surface area contributed by atoms with Gasteiger partial charge in [-0.15, -0.1) is 0 Å². The molecule has 1 rings (SSSR count). The van der Waals surface area contributed by atoms with Gasteiger partial charge in [-0.3, -0.25) is 0 Å². The lowest BCUT2D eigenvalue weighted by atomic mass is 10.2. The maximum atomic E-state index is 13.1. The molecule has 0 unspecified atom stereocenters. The predicted octanol–water partition coefficient (Wildman–Crippen LogP) is 1.08. The monoisotopic (exact) mass is 207 g/mol. The number of pyridine rings is 1. The Bertz CT molecular complexity index is 446. The van der Waals surface area contributed by atoms with E-state index in [2.05, 4.69) is 22.0 Å². The number of aromatic nitrogens is 1. The van der Waals surface area contributed by atoms with Gasteiger partial charge in [-0.1, -0.05) is 18.0 Å². The highest BCUT2D eigenvalue weighted by Gasteiger charge is 2.08. The predicted molar refractivity (Wildman–Crippen MR) is 53.9 cm³/mol. The zero-order valence-electron chi connectivity index (χ0n) is 8.16. The smallest absolute Gasteiger partial charge is 0.191 e. The summed E-state index contributed by atoms with van der Waals surface area (Å²) in [6.07, 6.45) is 0.679. The van der Waals surface area contributed by atoms with Gasteiger partial charge in [0, 0.05) is 6.42 Å². The van der Waals surface area contributed by atoms with Gasteiger partial charge in [0.05, 0.1) is 0 Å². The summed E-state index contributed by atoms with van der Waals surface area (Å²) in [6.45, 7) is 1.89. The number of nitrogens with zero attached hydrogens (tertiary/aromatic N) is 2. The van der Waals surface area contributed by atoms with Crippen molar-refractivity contribution in [2.24, 2.45) is 10.9 Å². The van der Waals surface area contributed by atoms with Crippen molar-refractivity contribution in [2.75, 3.05) is 0 Å². The minimum atomic E-state index is -0.646. The second-order valence-corrected chi connectivity index (χ2v) is 2.67. The maximum absolute atomic E-state index is 13.1. The maximum Gasteiger partial charge on any atom is 0.191 e. The van der Waals surface area contributed by atoms with E-state index in [1.807, 2.05) is 6.92 Å². The first-order valence-electron chi connectivity index (χ1n) is 4.32. The van der Waals surface area contributed by atoms with Gasteiger partial charge < -0.3 is 10.9 Å². The van der Waals surface area contributed by atoms with Crippen LogP contribution in [0, 0.1) is 17.7 Å². The molecule has 3 N–H and O–H groups in total. The second kappa shape index (κ2) is 4.96. The number of oxime groups is 1. The van der Waals surface area contributed by atoms with E-state index in [9.17, 15) is 4.39 Å². The van der Waals surface area contributed by atoms with Crippen LogP contribution >= 0.6 is 0 Å². The van der Waals surface area contributed by atoms with Crippen molar-refractivity contribution in [1.29, 1.82) is 0 Å². The Kier molecular flexibility index (Phi) is 3.63. The quantitative estimate of drug-likeness (QED) is 0.238. The normalized spacial score (nSPS) is 10.7. The third kappa shape index (κ3) is 2.68. The van der Waals surface area contributed by atoms with Crippen LogP contribution in [0.1, 0.15) is 24.7 Å². The van der Waals surface area contributed by atoms with Gasteiger partial charge in [-0.2, -0.15) is 0 Å². The molecule has 0 saturated heterocycles. The van der Waals surface area contributed by atoms with Crippen LogP contribution in [0.15, 0.2) is 17.3 Å². The van der Waals surface area contributed by atoms with Crippen molar-refractivity contribution in [1.82, 2.24) is 4.98 Å². The second-order valence-electron chi connectivity index (χ2n) is 2.67. The SMILES string of the molecule is CCC#Cc1ccc(F)c(/C(N)=N\O)n1. The van der Waals surface area contributed by atoms with Crippen LogP contribution in [-0.2, 0) is 0 Å². The molecule has 1 aromatic rings. The van der Waals surface area contributed by atoms with Gasteiger partial charge in [0.25, 0.3) is 0 Å². The number of nitrogens with two attached hydrogens (primary N) is 1. The van der Waals surface area contributed by atoms with E-state index in [0.717, 1.165) is 0 Å². The fourth-order valence-corrected chi connectivity index (χ4v) is 0.918. The summed E-state index contributed by atoms with van der Waals surface area (Å²) >= 11 is 0. The first kappa shape index (κ1) is 11.0. The molecule has 0 spiro atoms. The number of hydrogen-bond donors (Lipinski definition) is 2. The van der Waals surface area contributed by atoms with Crippen LogP contribution in [0.3, 0.4) is 0 Å². The van der Waals surface area contributed by atoms with Crippen molar-refractivity contribution in [3.05, 3.63) is 29.3 Å². The van der Waals surface area contributed by atoms with Gasteiger partial charge in [-0.05, 0) is 18.1 Å². The molecule has 0 aliphatic heterocycles. The Morgan fingerprint density at radius 1 is 1.67 bits per heavy atom. The summed E-state index contributed by atoms with van der Waals surface area (Å²) in [6, 6.07) is 2.62. The van der Waals surface area contributed by atoms with Gasteiger partial charge in [0.1, 0.15) is 11.4 Å². The average Bonchev–Trinajstić information content (AvgIpc) is 2.27. The minimum absolute atomic E-state index is 0.194. The van der Waals surface area contributed by atoms with Gasteiger partial charge in [0.15, 0.2) is 11.7 Å². The molecule has 0 fully saturated rings. The lowest BCUT2D eigenvalue weighted by Gasteiger charge is -1.99. The molecular formula is C10H10FN3O. The molecule has 0 bridgehead atoms. The van der Waals surface area contributed by atoms with E-state index >= 15 is 0 Å². The first-order valence-corrected chi connectivity index (χ1v) is 4.32. The third-order valence-electron chi connectivity index (χ3n) is 1.59. The Balaban J connectivity index is 3.17. The van der Waals surface area contributed by atoms with Crippen LogP contribution in [0.25, 0.3) is 0 Å². The van der Waals surface area contributed by atoms with E-state index in [1.165, 1.54) is 12.1 Å². The summed E-state index contributed by atoms with van der Waals surface area (Å²) < 4.78 is 13.1. The molecule has 4 nitrogen and oxygen atoms in total. The van der Waals surface area contributed by atoms with Gasteiger partial charge in [-0.25, -0.2) is 9.37 Å². The molecule has 5 heteroatoms. The zero-order chi connectivity index (χ0) is 11.3. The lowest BCUT2D eigenvalue weighted by Crippen LogP contribution is -2.17. The number of hydrogen-bond acceptors (Lipinski definition) is 3. The van der Waals surface area contributed by atoms with E-state index in [0.29, 0.717) is 12.1 Å². The fourth-order valence-electron chi connectivity index (χ4n) is 0.918. The van der Waals surface area contributed by atoms with Crippen molar-refractivity contribution >= 4 is 5.84 Å². The van der Waals surface area contributed by atoms with E-state index in [1.54, 1.807) is 0 Å². The van der Waals surface area contributed by atoms with Crippen LogP contribution in [-0.4, -0.2) is 16.0 Å². The van der Waals surface area contributed by atoms with Crippen molar-refractivity contribution in [3.63, 3.8) is 0 Å². The molecule has 15 heavy (non-hydrogen) atoms. The topological polar surface area (TPSA) is 71.5 Å². The fraction of sp³-hybridized carbons (Fsp3) is 0.200. The zero-order valence-corrected chi connectivity index (χ0v) is 8.16. The Morgan fingerprint density at radius 3 is 3.00 bits per heavy atom. The summed E-state index contributed by atoms with van der Waals surface area (Å²) in [4.78, 5) is 3.82. The van der Waals surface area contributed by atoms with E-state index in [4.69, 9.17) is 10.9 Å². The Morgan fingerprint density at radius 2 is 2.40 bits per heavy atom. The molecule has 0 radical (unpaired) electrons. The number of rotatable bonds is 1. The summed E-state index contributed by atoms with van der Waals surface area (Å²) in [5.41, 5.74) is 5.44. The summed E-state index contributed by atoms with van der Waals surface area (Å²) in [7, 11) is 0. The molecule has 0 aliphatic rings. The highest BCUT2D eigenvalue weighted by molar-refractivity contribution is 5.95. The summed E-state index contributed by atoms with van der Waals surface area (Å²) in [5, 5.41) is 11.1. The highest BCUT2D eigenvalue weighted by atomic mass is 19.1. The molecule has 1 heterocycles. The standard InChI is InChI=1S/C10H10FN3O/c1-2-3-4-7-5-6-8(11)9(13-7)10(12)14-15/h5-6,15H,2H2,1H3,(H2,12,14). The molecule has 0 atom stereocenters. The number of halogens is 1. The molecule has 0 amide bonds. The average molecular weight is 207 g/mol. The number of amidine groups is 1. The molecule has 0 aromatic carbocycles. The molecule has 78 valence electrons. The van der Waals surface area contributed by atoms with Gasteiger partial charge in [0.2, 0.25) is 0 Å². The largest absolute Gasteiger partial charge is 0.409 e. The van der Waals surface area contributed by atoms with Crippen LogP contribution in [0.2, 0.25) is 0 Å². The van der Waals surface area contributed by atoms with Gasteiger partial charge >= 0.3 is 0 Å². The molecule has 0 saturated carbocycles. The van der Waals surface area contributed by atoms with Crippen molar-refractivity contribution in [3.8, 4) is 11.8 Å². The molecular weight excluding hydrogens is 197 g/mol. The van der Waals surface area contributed by atoms with Crippen molar-refractivity contribution in [2.45, 2.75) is 13.3 Å². The molecule has 1 aromatic heterocycles. The lowest BCUT2D eigenvalue weighted by molar-refractivity contribution is 0.318. The first-order chi connectivity index (χ1) is 7.19. The Hall–Kier alpha value is -2.09. The van der Waals surface area contributed by atoms with Crippen molar-refractivity contribution < 1.29 is 9.60 Å². The minimum Gasteiger partial charge on any atom is -0.409 e. The Labute approximate surface area is 86.6 Å². The van der Waals surface area contributed by atoms with E-state index < -0.39 is 5.82 Å². The highest BCUT2D eigenvalue weighted by Crippen LogP contribution is 2.05. The third-order valence-corrected chi connectivity index (χ3v) is 1.59. The van der Waals surface area contributed by atoms with E-state index in [-0.39, 0.29) is 11.5 Å². The van der Waals surface area contributed by atoms with Crippen LogP contribution in [0.4, 0.5) is 4.39 Å².